The second-order valence-corrected chi connectivity index (χ2v) is 12.2. The first-order valence-corrected chi connectivity index (χ1v) is 15.1. The second kappa shape index (κ2) is 13.3. The number of halogens is 2. The molecule has 3 aromatic rings. The van der Waals surface area contributed by atoms with Gasteiger partial charge in [0.15, 0.2) is 0 Å². The minimum absolute atomic E-state index is 0.118. The highest BCUT2D eigenvalue weighted by Crippen LogP contribution is 2.26. The number of likely N-dealkylation sites (N-methyl/N-ethyl adjacent to an activating group) is 1. The molecular weight excluding hydrogens is 590 g/mol. The highest BCUT2D eigenvalue weighted by molar-refractivity contribution is 9.10. The normalized spacial score (nSPS) is 12.0. The fourth-order valence-electron chi connectivity index (χ4n) is 3.98. The Morgan fingerprint density at radius 1 is 1.00 bits per heavy atom. The zero-order valence-corrected chi connectivity index (χ0v) is 24.7. The smallest absolute Gasteiger partial charge is 0.244 e. The molecule has 0 saturated carbocycles. The van der Waals surface area contributed by atoms with Crippen molar-refractivity contribution in [2.45, 2.75) is 32.9 Å². The van der Waals surface area contributed by atoms with Crippen LogP contribution in [0.5, 0.6) is 0 Å². The van der Waals surface area contributed by atoms with E-state index in [2.05, 4.69) is 21.2 Å². The SMILES string of the molecule is CCNC(=O)[C@H](Cc1ccccc1)N(Cc1ccc(Br)cc1)C(=O)CN(c1ccc(C)c(Cl)c1)S(C)(=O)=O. The van der Waals surface area contributed by atoms with Crippen LogP contribution in [0, 0.1) is 6.92 Å². The Balaban J connectivity index is 2.04. The number of nitrogens with zero attached hydrogens (tertiary/aromatic N) is 2. The lowest BCUT2D eigenvalue weighted by atomic mass is 10.0. The van der Waals surface area contributed by atoms with E-state index in [4.69, 9.17) is 11.6 Å². The first-order chi connectivity index (χ1) is 18.0. The summed E-state index contributed by atoms with van der Waals surface area (Å²) in [4.78, 5) is 28.7. The number of carbonyl (C=O) groups excluding carboxylic acids is 2. The highest BCUT2D eigenvalue weighted by Gasteiger charge is 2.33. The number of sulfonamides is 1. The van der Waals surface area contributed by atoms with Gasteiger partial charge in [-0.3, -0.25) is 13.9 Å². The molecule has 3 aromatic carbocycles. The number of rotatable bonds is 11. The van der Waals surface area contributed by atoms with E-state index in [0.29, 0.717) is 11.6 Å². The van der Waals surface area contributed by atoms with E-state index in [0.717, 1.165) is 31.7 Å². The third-order valence-corrected chi connectivity index (χ3v) is 8.09. The molecule has 10 heteroatoms. The molecule has 0 aromatic heterocycles. The fourth-order valence-corrected chi connectivity index (χ4v) is 5.26. The van der Waals surface area contributed by atoms with Gasteiger partial charge in [0.25, 0.3) is 0 Å². The van der Waals surface area contributed by atoms with Crippen LogP contribution in [0.2, 0.25) is 5.02 Å². The zero-order valence-electron chi connectivity index (χ0n) is 21.5. The minimum Gasteiger partial charge on any atom is -0.355 e. The van der Waals surface area contributed by atoms with Crippen LogP contribution < -0.4 is 9.62 Å². The molecule has 7 nitrogen and oxygen atoms in total. The average molecular weight is 621 g/mol. The molecule has 0 heterocycles. The summed E-state index contributed by atoms with van der Waals surface area (Å²) in [6, 6.07) is 20.8. The summed E-state index contributed by atoms with van der Waals surface area (Å²) in [5.74, 6) is -0.826. The van der Waals surface area contributed by atoms with E-state index in [1.165, 1.54) is 11.0 Å². The minimum atomic E-state index is -3.85. The topological polar surface area (TPSA) is 86.8 Å². The number of amides is 2. The van der Waals surface area contributed by atoms with Gasteiger partial charge in [0.05, 0.1) is 11.9 Å². The Morgan fingerprint density at radius 2 is 1.66 bits per heavy atom. The van der Waals surface area contributed by atoms with E-state index in [1.807, 2.05) is 68.4 Å². The third-order valence-electron chi connectivity index (χ3n) is 6.01. The number of nitrogens with one attached hydrogen (secondary N) is 1. The molecule has 0 aliphatic heterocycles. The van der Waals surface area contributed by atoms with Gasteiger partial charge < -0.3 is 10.2 Å². The van der Waals surface area contributed by atoms with Gasteiger partial charge in [0, 0.05) is 29.0 Å². The van der Waals surface area contributed by atoms with Crippen LogP contribution in [0.25, 0.3) is 0 Å². The van der Waals surface area contributed by atoms with Crippen molar-refractivity contribution in [1.29, 1.82) is 0 Å². The predicted molar refractivity (Wildman–Crippen MR) is 156 cm³/mol. The van der Waals surface area contributed by atoms with Gasteiger partial charge in [-0.05, 0) is 54.8 Å². The van der Waals surface area contributed by atoms with E-state index in [-0.39, 0.29) is 24.6 Å². The van der Waals surface area contributed by atoms with Gasteiger partial charge in [-0.2, -0.15) is 0 Å². The summed E-state index contributed by atoms with van der Waals surface area (Å²) in [6.45, 7) is 3.64. The number of anilines is 1. The van der Waals surface area contributed by atoms with E-state index in [1.54, 1.807) is 12.1 Å². The van der Waals surface area contributed by atoms with Crippen molar-refractivity contribution in [3.05, 3.63) is 99.0 Å². The Labute approximate surface area is 238 Å². The molecule has 1 atom stereocenters. The van der Waals surface area contributed by atoms with E-state index < -0.39 is 28.5 Å². The molecule has 0 radical (unpaired) electrons. The van der Waals surface area contributed by atoms with Crippen LogP contribution in [-0.2, 0) is 32.6 Å². The highest BCUT2D eigenvalue weighted by atomic mass is 79.9. The quantitative estimate of drug-likeness (QED) is 0.329. The third kappa shape index (κ3) is 8.06. The molecule has 0 spiro atoms. The molecule has 1 N–H and O–H groups in total. The Bertz CT molecular complexity index is 1370. The zero-order chi connectivity index (χ0) is 27.9. The van der Waals surface area contributed by atoms with Crippen LogP contribution in [0.3, 0.4) is 0 Å². The fraction of sp³-hybridized carbons (Fsp3) is 0.286. The van der Waals surface area contributed by atoms with Crippen LogP contribution >= 0.6 is 27.5 Å². The van der Waals surface area contributed by atoms with Crippen LogP contribution in [-0.4, -0.2) is 50.5 Å². The summed E-state index contributed by atoms with van der Waals surface area (Å²) in [7, 11) is -3.85. The first-order valence-electron chi connectivity index (χ1n) is 12.1. The summed E-state index contributed by atoms with van der Waals surface area (Å²) in [5, 5.41) is 3.22. The molecular formula is C28H31BrClN3O4S. The van der Waals surface area contributed by atoms with Gasteiger partial charge in [0.1, 0.15) is 12.6 Å². The van der Waals surface area contributed by atoms with E-state index in [9.17, 15) is 18.0 Å². The molecule has 3 rings (SSSR count). The molecule has 38 heavy (non-hydrogen) atoms. The molecule has 0 aliphatic rings. The summed E-state index contributed by atoms with van der Waals surface area (Å²) in [6.07, 6.45) is 1.31. The lowest BCUT2D eigenvalue weighted by molar-refractivity contribution is -0.140. The molecule has 202 valence electrons. The van der Waals surface area contributed by atoms with Crippen molar-refractivity contribution in [2.75, 3.05) is 23.7 Å². The van der Waals surface area contributed by atoms with Crippen molar-refractivity contribution < 1.29 is 18.0 Å². The number of benzene rings is 3. The number of aryl methyl sites for hydroxylation is 1. The largest absolute Gasteiger partial charge is 0.355 e. The van der Waals surface area contributed by atoms with Crippen molar-refractivity contribution in [3.63, 3.8) is 0 Å². The number of carbonyl (C=O) groups is 2. The van der Waals surface area contributed by atoms with Crippen molar-refractivity contribution >= 4 is 55.1 Å². The molecule has 2 amide bonds. The van der Waals surface area contributed by atoms with Crippen molar-refractivity contribution in [3.8, 4) is 0 Å². The van der Waals surface area contributed by atoms with Gasteiger partial charge in [0.2, 0.25) is 21.8 Å². The summed E-state index contributed by atoms with van der Waals surface area (Å²) < 4.78 is 27.5. The number of hydrogen-bond donors (Lipinski definition) is 1. The summed E-state index contributed by atoms with van der Waals surface area (Å²) >= 11 is 9.69. The first kappa shape index (κ1) is 29.7. The maximum atomic E-state index is 13.9. The maximum Gasteiger partial charge on any atom is 0.244 e. The number of hydrogen-bond acceptors (Lipinski definition) is 4. The van der Waals surface area contributed by atoms with Gasteiger partial charge >= 0.3 is 0 Å². The standard InChI is InChI=1S/C28H31BrClN3O4S/c1-4-31-28(35)26(16-21-8-6-5-7-9-21)32(18-22-11-13-23(29)14-12-22)27(34)19-33(38(3,36)37)24-15-10-20(2)25(30)17-24/h5-15,17,26H,4,16,18-19H2,1-3H3,(H,31,35)/t26-/m0/s1. The molecule has 0 unspecified atom stereocenters. The average Bonchev–Trinajstić information content (AvgIpc) is 2.87. The second-order valence-electron chi connectivity index (χ2n) is 8.95. The predicted octanol–water partition coefficient (Wildman–Crippen LogP) is 4.95. The lowest BCUT2D eigenvalue weighted by Crippen LogP contribution is -2.53. The molecule has 0 aliphatic carbocycles. The van der Waals surface area contributed by atoms with Gasteiger partial charge in [-0.1, -0.05) is 76.1 Å². The molecule has 0 saturated heterocycles. The Morgan fingerprint density at radius 3 is 2.24 bits per heavy atom. The van der Waals surface area contributed by atoms with Crippen LogP contribution in [0.1, 0.15) is 23.6 Å². The molecule has 0 bridgehead atoms. The monoisotopic (exact) mass is 619 g/mol. The van der Waals surface area contributed by atoms with Gasteiger partial charge in [-0.15, -0.1) is 0 Å². The van der Waals surface area contributed by atoms with Crippen LogP contribution in [0.4, 0.5) is 5.69 Å². The molecule has 0 fully saturated rings. The van der Waals surface area contributed by atoms with Gasteiger partial charge in [-0.25, -0.2) is 8.42 Å². The lowest BCUT2D eigenvalue weighted by Gasteiger charge is -2.33. The van der Waals surface area contributed by atoms with E-state index >= 15 is 0 Å². The Kier molecular flexibility index (Phi) is 10.4. The van der Waals surface area contributed by atoms with Crippen LogP contribution in [0.15, 0.2) is 77.3 Å². The maximum absolute atomic E-state index is 13.9. The summed E-state index contributed by atoms with van der Waals surface area (Å²) in [5.41, 5.74) is 2.74. The van der Waals surface area contributed by atoms with Crippen molar-refractivity contribution in [1.82, 2.24) is 10.2 Å². The van der Waals surface area contributed by atoms with Crippen molar-refractivity contribution in [2.24, 2.45) is 0 Å². The Hall–Kier alpha value is -2.88.